The number of nitrogens with one attached hydrogen (secondary N) is 1. The molecule has 2 fully saturated rings. The number of hydrogen-bond donors (Lipinski definition) is 1. The zero-order valence-corrected chi connectivity index (χ0v) is 15.3. The number of halogens is 2. The number of alkyl halides is 2. The Morgan fingerprint density at radius 3 is 2.77 bits per heavy atom. The van der Waals surface area contributed by atoms with Gasteiger partial charge in [-0.3, -0.25) is 0 Å². The molecule has 0 aromatic carbocycles. The number of ether oxygens (including phenoxy) is 1. The summed E-state index contributed by atoms with van der Waals surface area (Å²) in [5.41, 5.74) is 0. The first-order chi connectivity index (χ1) is 12.4. The molecule has 2 aliphatic heterocycles. The molecule has 1 N–H and O–H groups in total. The Labute approximate surface area is 151 Å². The van der Waals surface area contributed by atoms with Crippen molar-refractivity contribution in [1.82, 2.24) is 19.2 Å². The Kier molecular flexibility index (Phi) is 6.00. The number of aromatic nitrogens is 2. The lowest BCUT2D eigenvalue weighted by molar-refractivity contribution is 0.0114. The van der Waals surface area contributed by atoms with Crippen LogP contribution in [0.5, 0.6) is 0 Å². The minimum Gasteiger partial charge on any atom is -0.384 e. The fraction of sp³-hybridized carbons (Fsp3) is 0.733. The molecular weight excluding hydrogens is 368 g/mol. The highest BCUT2D eigenvalue weighted by Crippen LogP contribution is 2.27. The molecule has 0 saturated carbocycles. The molecule has 0 bridgehead atoms. The lowest BCUT2D eigenvalue weighted by Crippen LogP contribution is -2.60. The maximum Gasteiger partial charge on any atom is 0.279 e. The van der Waals surface area contributed by atoms with Crippen LogP contribution in [-0.4, -0.2) is 75.3 Å². The van der Waals surface area contributed by atoms with Crippen LogP contribution in [0.15, 0.2) is 18.3 Å². The molecule has 1 aromatic rings. The Morgan fingerprint density at radius 1 is 1.38 bits per heavy atom. The lowest BCUT2D eigenvalue weighted by Gasteiger charge is -2.42. The molecular formula is C15H23F2N5O3S. The second-order valence-corrected chi connectivity index (χ2v) is 8.38. The second kappa shape index (κ2) is 8.07. The Hall–Kier alpha value is -1.43. The van der Waals surface area contributed by atoms with Gasteiger partial charge in [0.05, 0.1) is 6.61 Å². The van der Waals surface area contributed by atoms with Gasteiger partial charge in [0.1, 0.15) is 0 Å². The number of hydrogen-bond acceptors (Lipinski definition) is 6. The van der Waals surface area contributed by atoms with Crippen LogP contribution in [0.4, 0.5) is 14.6 Å². The molecule has 11 heteroatoms. The Morgan fingerprint density at radius 2 is 2.15 bits per heavy atom. The van der Waals surface area contributed by atoms with Crippen LogP contribution in [0.3, 0.4) is 0 Å². The molecule has 146 valence electrons. The summed E-state index contributed by atoms with van der Waals surface area (Å²) < 4.78 is 59.1. The number of rotatable bonds is 7. The molecule has 0 amide bonds. The maximum absolute atomic E-state index is 12.6. The maximum atomic E-state index is 12.6. The van der Waals surface area contributed by atoms with Crippen molar-refractivity contribution in [2.45, 2.75) is 18.9 Å². The SMILES string of the molecule is COC[C@@H]1CN(c2cccnn2)CC[C@@H]1NS(=O)(=O)N1CC(C(F)F)C1. The van der Waals surface area contributed by atoms with E-state index in [4.69, 9.17) is 4.74 Å². The zero-order valence-electron chi connectivity index (χ0n) is 14.5. The first-order valence-corrected chi connectivity index (χ1v) is 9.92. The molecule has 3 heterocycles. The van der Waals surface area contributed by atoms with Crippen molar-refractivity contribution in [3.05, 3.63) is 18.3 Å². The van der Waals surface area contributed by atoms with Crippen molar-refractivity contribution < 1.29 is 21.9 Å². The van der Waals surface area contributed by atoms with E-state index in [9.17, 15) is 17.2 Å². The summed E-state index contributed by atoms with van der Waals surface area (Å²) in [6.07, 6.45) is -0.329. The fourth-order valence-electron chi connectivity index (χ4n) is 3.33. The molecule has 0 aliphatic carbocycles. The van der Waals surface area contributed by atoms with E-state index in [0.717, 1.165) is 10.1 Å². The van der Waals surface area contributed by atoms with Crippen LogP contribution in [0.2, 0.25) is 0 Å². The third kappa shape index (κ3) is 4.27. The van der Waals surface area contributed by atoms with Crippen molar-refractivity contribution >= 4 is 16.0 Å². The molecule has 1 aromatic heterocycles. The Bertz CT molecular complexity index is 688. The molecule has 0 unspecified atom stereocenters. The molecule has 0 radical (unpaired) electrons. The van der Waals surface area contributed by atoms with Crippen LogP contribution >= 0.6 is 0 Å². The topological polar surface area (TPSA) is 87.7 Å². The van der Waals surface area contributed by atoms with Crippen LogP contribution in [-0.2, 0) is 14.9 Å². The van der Waals surface area contributed by atoms with Crippen LogP contribution in [0.25, 0.3) is 0 Å². The number of nitrogens with zero attached hydrogens (tertiary/aromatic N) is 4. The van der Waals surface area contributed by atoms with Crippen molar-refractivity contribution in [2.24, 2.45) is 11.8 Å². The van der Waals surface area contributed by atoms with Gasteiger partial charge in [0.2, 0.25) is 6.43 Å². The fourth-order valence-corrected chi connectivity index (χ4v) is 4.95. The quantitative estimate of drug-likeness (QED) is 0.722. The molecule has 2 saturated heterocycles. The van der Waals surface area contributed by atoms with E-state index in [-0.39, 0.29) is 25.0 Å². The normalized spacial score (nSPS) is 25.5. The van der Waals surface area contributed by atoms with Gasteiger partial charge >= 0.3 is 0 Å². The summed E-state index contributed by atoms with van der Waals surface area (Å²) in [5, 5.41) is 7.96. The van der Waals surface area contributed by atoms with Gasteiger partial charge in [-0.2, -0.15) is 22.5 Å². The molecule has 8 nitrogen and oxygen atoms in total. The predicted octanol–water partition coefficient (Wildman–Crippen LogP) is 0.349. The first-order valence-electron chi connectivity index (χ1n) is 8.48. The summed E-state index contributed by atoms with van der Waals surface area (Å²) in [7, 11) is -2.21. The third-order valence-corrected chi connectivity index (χ3v) is 6.45. The second-order valence-electron chi connectivity index (χ2n) is 6.67. The van der Waals surface area contributed by atoms with Crippen LogP contribution in [0, 0.1) is 11.8 Å². The van der Waals surface area contributed by atoms with Crippen LogP contribution < -0.4 is 9.62 Å². The van der Waals surface area contributed by atoms with Gasteiger partial charge in [-0.25, -0.2) is 8.78 Å². The summed E-state index contributed by atoms with van der Waals surface area (Å²) in [6.45, 7) is 1.29. The highest BCUT2D eigenvalue weighted by atomic mass is 32.2. The first kappa shape index (κ1) is 19.3. The van der Waals surface area contributed by atoms with Crippen LogP contribution in [0.1, 0.15) is 6.42 Å². The van der Waals surface area contributed by atoms with E-state index in [2.05, 4.69) is 14.9 Å². The average molecular weight is 391 g/mol. The monoisotopic (exact) mass is 391 g/mol. The summed E-state index contributed by atoms with van der Waals surface area (Å²) in [6, 6.07) is 3.33. The highest BCUT2D eigenvalue weighted by molar-refractivity contribution is 7.87. The van der Waals surface area contributed by atoms with Crippen molar-refractivity contribution in [3.63, 3.8) is 0 Å². The van der Waals surface area contributed by atoms with E-state index < -0.39 is 22.6 Å². The van der Waals surface area contributed by atoms with Gasteiger partial charge in [-0.1, -0.05) is 0 Å². The van der Waals surface area contributed by atoms with Gasteiger partial charge < -0.3 is 9.64 Å². The largest absolute Gasteiger partial charge is 0.384 e. The minimum atomic E-state index is -3.77. The van der Waals surface area contributed by atoms with E-state index in [1.807, 2.05) is 11.0 Å². The van der Waals surface area contributed by atoms with E-state index in [1.54, 1.807) is 19.4 Å². The predicted molar refractivity (Wildman–Crippen MR) is 91.1 cm³/mol. The van der Waals surface area contributed by atoms with Crippen molar-refractivity contribution in [1.29, 1.82) is 0 Å². The average Bonchev–Trinajstić information content (AvgIpc) is 2.55. The summed E-state index contributed by atoms with van der Waals surface area (Å²) in [4.78, 5) is 2.04. The number of piperidine rings is 1. The van der Waals surface area contributed by atoms with Gasteiger partial charge in [0.15, 0.2) is 5.82 Å². The summed E-state index contributed by atoms with van der Waals surface area (Å²) >= 11 is 0. The molecule has 2 atom stereocenters. The van der Waals surface area contributed by atoms with Gasteiger partial charge in [0, 0.05) is 57.4 Å². The molecule has 2 aliphatic rings. The summed E-state index contributed by atoms with van der Waals surface area (Å²) in [5.74, 6) is -0.227. The van der Waals surface area contributed by atoms with E-state index in [0.29, 0.717) is 26.1 Å². The van der Waals surface area contributed by atoms with Crippen molar-refractivity contribution in [2.75, 3.05) is 44.8 Å². The Balaban J connectivity index is 1.62. The van der Waals surface area contributed by atoms with Crippen molar-refractivity contribution in [3.8, 4) is 0 Å². The highest BCUT2D eigenvalue weighted by Gasteiger charge is 2.42. The number of anilines is 1. The van der Waals surface area contributed by atoms with Gasteiger partial charge in [-0.15, -0.1) is 5.10 Å². The molecule has 0 spiro atoms. The molecule has 26 heavy (non-hydrogen) atoms. The van der Waals surface area contributed by atoms with Gasteiger partial charge in [-0.05, 0) is 18.6 Å². The number of methoxy groups -OCH3 is 1. The molecule has 3 rings (SSSR count). The van der Waals surface area contributed by atoms with Gasteiger partial charge in [0.25, 0.3) is 10.2 Å². The smallest absolute Gasteiger partial charge is 0.279 e. The van der Waals surface area contributed by atoms with E-state index in [1.165, 1.54) is 0 Å². The minimum absolute atomic E-state index is 0.0855. The lowest BCUT2D eigenvalue weighted by atomic mass is 9.93. The third-order valence-electron chi connectivity index (χ3n) is 4.87. The standard InChI is InChI=1S/C15H23F2N5O3S/c1-25-10-12-7-21(14-3-2-5-18-19-14)6-4-13(12)20-26(23,24)22-8-11(9-22)15(16)17/h2-3,5,11-13,15,20H,4,6-10H2,1H3/t12-,13-/m0/s1. The van der Waals surface area contributed by atoms with E-state index >= 15 is 0 Å². The zero-order chi connectivity index (χ0) is 18.7.